The van der Waals surface area contributed by atoms with E-state index in [2.05, 4.69) is 46.3 Å². The van der Waals surface area contributed by atoms with E-state index in [4.69, 9.17) is 0 Å². The van der Waals surface area contributed by atoms with Crippen LogP contribution in [0.5, 0.6) is 0 Å². The van der Waals surface area contributed by atoms with Gasteiger partial charge < -0.3 is 35.5 Å². The number of carbonyl (C=O) groups excluding carboxylic acids is 5. The summed E-state index contributed by atoms with van der Waals surface area (Å²) in [7, 11) is 0. The standard InChI is InChI=1S/C50H69N15O7/c1-28(52-46(70)40-20-34(67)25-61(40)48(72)42(49(2,3)4)62-26-36(53-56-62)29-14-15-29)44-55-58-65(64(44)32-16-17-32)38-21-35(38)37-27-63(57-54-37)43(50(5,6)7)47(71)60-24-33(66)19-39(60)45(69)51-18-10-13-41(68)59-22-30-11-8-9-12-31(30)23-59/h8-9,11-12,26-29,32-35,38-40,42-43,66-67H,10,13-25H2,1-7H3,(H-,51,52,69,70)/p+1/t28?,33-,34-,35?,38?,39+,40+,42-,43-/m1/s1. The second-order valence-corrected chi connectivity index (χ2v) is 23.3. The largest absolute Gasteiger partial charge is 0.391 e. The maximum Gasteiger partial charge on any atom is 0.323 e. The molecule has 0 bridgehead atoms. The highest BCUT2D eigenvalue weighted by atomic mass is 16.3. The number of hydrogen-bond donors (Lipinski definition) is 4. The molecular weight excluding hydrogens is 923 g/mol. The molecule has 0 spiro atoms. The van der Waals surface area contributed by atoms with E-state index in [1.54, 1.807) is 15.6 Å². The molecule has 22 heteroatoms. The molecular formula is C50H70N15O7+. The van der Waals surface area contributed by atoms with Crippen LogP contribution in [-0.2, 0) is 37.1 Å². The first-order valence-electron chi connectivity index (χ1n) is 25.8. The van der Waals surface area contributed by atoms with E-state index in [9.17, 15) is 34.2 Å². The number of nitrogens with one attached hydrogen (secondary N) is 2. The van der Waals surface area contributed by atoms with Crippen LogP contribution in [0.2, 0.25) is 0 Å². The van der Waals surface area contributed by atoms with Gasteiger partial charge in [-0.15, -0.1) is 10.2 Å². The van der Waals surface area contributed by atoms with E-state index in [1.165, 1.54) is 9.80 Å². The first-order chi connectivity index (χ1) is 34.2. The normalized spacial score (nSPS) is 25.3. The van der Waals surface area contributed by atoms with Gasteiger partial charge in [-0.2, -0.15) is 4.68 Å². The molecule has 4 aromatic rings. The molecule has 386 valence electrons. The number of carbonyl (C=O) groups is 5. The summed E-state index contributed by atoms with van der Waals surface area (Å²) in [6.45, 7) is 15.0. The molecule has 9 atom stereocenters. The van der Waals surface area contributed by atoms with Gasteiger partial charge in [0.25, 0.3) is 0 Å². The number of rotatable bonds is 16. The molecule has 6 aliphatic rings. The van der Waals surface area contributed by atoms with Gasteiger partial charge in [0.2, 0.25) is 29.5 Å². The lowest BCUT2D eigenvalue weighted by atomic mass is 9.85. The quantitative estimate of drug-likeness (QED) is 0.0929. The van der Waals surface area contributed by atoms with Crippen molar-refractivity contribution in [2.45, 2.75) is 186 Å². The Labute approximate surface area is 418 Å². The van der Waals surface area contributed by atoms with E-state index in [0.717, 1.165) is 42.5 Å². The van der Waals surface area contributed by atoms with Crippen LogP contribution in [0.4, 0.5) is 0 Å². The monoisotopic (exact) mass is 993 g/mol. The highest BCUT2D eigenvalue weighted by Gasteiger charge is 2.52. The maximum atomic E-state index is 14.6. The molecule has 22 nitrogen and oxygen atoms in total. The third-order valence-electron chi connectivity index (χ3n) is 15.2. The van der Waals surface area contributed by atoms with Gasteiger partial charge in [-0.1, -0.05) is 81.0 Å². The number of likely N-dealkylation sites (tertiary alicyclic amines) is 2. The SMILES string of the molecule is CC(NC(=O)[C@@H]1C[C@@H](O)CN1C(=O)[C@@H](n1cc(C2CC2)nn1)C(C)(C)C)c1nnn(C2CC2c2cn([C@H](C(=O)N3C[C@H](O)C[C@H]3C(=O)NCCCC(=O)N3Cc4ccccc4C3)C(C)(C)C)nn2)[n+]1C1CC1. The van der Waals surface area contributed by atoms with Crippen molar-refractivity contribution in [3.05, 3.63) is 65.0 Å². The van der Waals surface area contributed by atoms with Crippen molar-refractivity contribution in [3.8, 4) is 0 Å². The summed E-state index contributed by atoms with van der Waals surface area (Å²) in [4.78, 5) is 76.3. The number of tetrazole rings is 1. The fourth-order valence-electron chi connectivity index (χ4n) is 11.1. The van der Waals surface area contributed by atoms with E-state index >= 15 is 0 Å². The van der Waals surface area contributed by atoms with Crippen LogP contribution >= 0.6 is 0 Å². The molecule has 1 aromatic carbocycles. The first kappa shape index (κ1) is 49.4. The number of hydrogen-bond acceptors (Lipinski definition) is 13. The molecule has 72 heavy (non-hydrogen) atoms. The van der Waals surface area contributed by atoms with Gasteiger partial charge in [0.1, 0.15) is 47.4 Å². The molecule has 3 aromatic heterocycles. The molecule has 3 aliphatic carbocycles. The lowest BCUT2D eigenvalue weighted by Gasteiger charge is -2.34. The van der Waals surface area contributed by atoms with Crippen molar-refractivity contribution in [1.29, 1.82) is 0 Å². The summed E-state index contributed by atoms with van der Waals surface area (Å²) >= 11 is 0. The predicted octanol–water partition coefficient (Wildman–Crippen LogP) is 2.10. The van der Waals surface area contributed by atoms with Gasteiger partial charge >= 0.3 is 5.82 Å². The number of aliphatic hydroxyl groups is 2. The average Bonchev–Trinajstić information content (AvgIpc) is 4.22. The number of aromatic nitrogens is 10. The van der Waals surface area contributed by atoms with Gasteiger partial charge in [-0.3, -0.25) is 24.0 Å². The van der Waals surface area contributed by atoms with Gasteiger partial charge in [-0.25, -0.2) is 9.36 Å². The minimum absolute atomic E-state index is 0.000105. The Morgan fingerprint density at radius 1 is 0.736 bits per heavy atom. The molecule has 6 heterocycles. The zero-order valence-corrected chi connectivity index (χ0v) is 42.5. The number of nitrogens with zero attached hydrogens (tertiary/aromatic N) is 13. The Morgan fingerprint density at radius 3 is 1.85 bits per heavy atom. The second kappa shape index (κ2) is 19.0. The maximum absolute atomic E-state index is 14.6. The second-order valence-electron chi connectivity index (χ2n) is 23.3. The Bertz CT molecular complexity index is 2690. The number of fused-ring (bicyclic) bond motifs is 1. The Kier molecular flexibility index (Phi) is 13.1. The number of β-amino-alcohol motifs (C(OH)–C–C–N with tert-alkyl or cyclic N) is 2. The minimum atomic E-state index is -0.902. The molecule has 2 saturated heterocycles. The topological polar surface area (TPSA) is 256 Å². The molecule has 0 radical (unpaired) electrons. The fourth-order valence-corrected chi connectivity index (χ4v) is 11.1. The zero-order chi connectivity index (χ0) is 51.0. The number of aliphatic hydroxyl groups excluding tert-OH is 2. The van der Waals surface area contributed by atoms with Gasteiger partial charge in [0.15, 0.2) is 5.21 Å². The molecule has 5 fully saturated rings. The van der Waals surface area contributed by atoms with Crippen LogP contribution in [0, 0.1) is 10.8 Å². The van der Waals surface area contributed by atoms with Crippen molar-refractivity contribution >= 4 is 29.5 Å². The fraction of sp³-hybridized carbons (Fsp3) is 0.680. The summed E-state index contributed by atoms with van der Waals surface area (Å²) in [6, 6.07) is 4.09. The smallest absolute Gasteiger partial charge is 0.323 e. The number of benzene rings is 1. The molecule has 3 unspecified atom stereocenters. The molecule has 4 N–H and O–H groups in total. The van der Waals surface area contributed by atoms with Gasteiger partial charge in [-0.05, 0) is 67.4 Å². The van der Waals surface area contributed by atoms with Crippen LogP contribution in [0.3, 0.4) is 0 Å². The van der Waals surface area contributed by atoms with Crippen LogP contribution in [-0.4, -0.2) is 143 Å². The van der Waals surface area contributed by atoms with Gasteiger partial charge in [0, 0.05) is 76.2 Å². The molecule has 3 aliphatic heterocycles. The lowest BCUT2D eigenvalue weighted by molar-refractivity contribution is -0.791. The van der Waals surface area contributed by atoms with Crippen molar-refractivity contribution in [2.75, 3.05) is 19.6 Å². The summed E-state index contributed by atoms with van der Waals surface area (Å²) in [6.07, 6.45) is 7.45. The summed E-state index contributed by atoms with van der Waals surface area (Å²) in [5.74, 6) is -0.521. The molecule has 5 amide bonds. The average molecular weight is 993 g/mol. The highest BCUT2D eigenvalue weighted by molar-refractivity contribution is 5.91. The van der Waals surface area contributed by atoms with Crippen molar-refractivity contribution in [2.24, 2.45) is 10.8 Å². The zero-order valence-electron chi connectivity index (χ0n) is 42.5. The molecule has 10 rings (SSSR count). The lowest BCUT2D eigenvalue weighted by Crippen LogP contribution is -2.52. The summed E-state index contributed by atoms with van der Waals surface area (Å²) in [5.41, 5.74) is 2.63. The van der Waals surface area contributed by atoms with E-state index in [-0.39, 0.29) is 86.4 Å². The minimum Gasteiger partial charge on any atom is -0.391 e. The van der Waals surface area contributed by atoms with Crippen molar-refractivity contribution in [1.82, 2.24) is 70.4 Å². The third-order valence-corrected chi connectivity index (χ3v) is 15.2. The highest BCUT2D eigenvalue weighted by Crippen LogP contribution is 2.51. The molecule has 3 saturated carbocycles. The van der Waals surface area contributed by atoms with Crippen LogP contribution in [0.15, 0.2) is 36.7 Å². The van der Waals surface area contributed by atoms with Crippen molar-refractivity contribution < 1.29 is 38.9 Å². The number of amides is 5. The Hall–Kier alpha value is -6.16. The summed E-state index contributed by atoms with van der Waals surface area (Å²) in [5, 5.41) is 54.6. The van der Waals surface area contributed by atoms with Crippen LogP contribution in [0.25, 0.3) is 0 Å². The van der Waals surface area contributed by atoms with Gasteiger partial charge in [0.05, 0.1) is 23.6 Å². The predicted molar refractivity (Wildman–Crippen MR) is 256 cm³/mol. The van der Waals surface area contributed by atoms with E-state index in [0.29, 0.717) is 43.4 Å². The Balaban J connectivity index is 0.774. The van der Waals surface area contributed by atoms with Crippen molar-refractivity contribution in [3.63, 3.8) is 0 Å². The third kappa shape index (κ3) is 9.99. The summed E-state index contributed by atoms with van der Waals surface area (Å²) < 4.78 is 5.25. The first-order valence-corrected chi connectivity index (χ1v) is 25.8. The Morgan fingerprint density at radius 2 is 1.29 bits per heavy atom. The van der Waals surface area contributed by atoms with Crippen LogP contribution < -0.4 is 15.3 Å². The van der Waals surface area contributed by atoms with E-state index in [1.807, 2.05) is 88.6 Å². The van der Waals surface area contributed by atoms with Crippen LogP contribution in [0.1, 0.15) is 177 Å². The van der Waals surface area contributed by atoms with E-state index < -0.39 is 53.2 Å².